The molecule has 0 aliphatic carbocycles. The van der Waals surface area contributed by atoms with Crippen LogP contribution in [0.15, 0.2) is 29.8 Å². The maximum absolute atomic E-state index is 12.8. The smallest absolute Gasteiger partial charge is 0.266 e. The molecule has 0 atom stereocenters. The van der Waals surface area contributed by atoms with Gasteiger partial charge in [0, 0.05) is 23.6 Å². The summed E-state index contributed by atoms with van der Waals surface area (Å²) < 4.78 is 9.08. The highest BCUT2D eigenvalue weighted by Gasteiger charge is 2.16. The summed E-state index contributed by atoms with van der Waals surface area (Å²) in [5.74, 6) is 0.627. The summed E-state index contributed by atoms with van der Waals surface area (Å²) in [4.78, 5) is 12.8. The minimum atomic E-state index is -0.493. The summed E-state index contributed by atoms with van der Waals surface area (Å²) in [7, 11) is 1.54. The van der Waals surface area contributed by atoms with Gasteiger partial charge in [0.25, 0.3) is 5.91 Å². The maximum Gasteiger partial charge on any atom is 0.266 e. The van der Waals surface area contributed by atoms with Gasteiger partial charge in [-0.25, -0.2) is 0 Å². The lowest BCUT2D eigenvalue weighted by Gasteiger charge is -2.11. The van der Waals surface area contributed by atoms with Crippen molar-refractivity contribution in [3.63, 3.8) is 0 Å². The van der Waals surface area contributed by atoms with Crippen LogP contribution in [-0.2, 0) is 11.3 Å². The fraction of sp³-hybridized carbons (Fsp3) is 0.318. The van der Waals surface area contributed by atoms with E-state index in [1.165, 1.54) is 4.68 Å². The first-order valence-electron chi connectivity index (χ1n) is 9.92. The van der Waals surface area contributed by atoms with Crippen molar-refractivity contribution < 1.29 is 9.53 Å². The van der Waals surface area contributed by atoms with Crippen molar-refractivity contribution in [1.29, 1.82) is 5.26 Å². The number of hydrogen-bond donors (Lipinski definition) is 1. The molecule has 31 heavy (non-hydrogen) atoms. The van der Waals surface area contributed by atoms with Crippen LogP contribution in [0.25, 0.3) is 11.8 Å². The van der Waals surface area contributed by atoms with Gasteiger partial charge in [-0.2, -0.15) is 9.94 Å². The van der Waals surface area contributed by atoms with Gasteiger partial charge < -0.3 is 14.6 Å². The van der Waals surface area contributed by atoms with Crippen molar-refractivity contribution in [2.24, 2.45) is 0 Å². The minimum Gasteiger partial charge on any atom is -0.494 e. The average Bonchev–Trinajstić information content (AvgIpc) is 3.30. The molecule has 0 radical (unpaired) electrons. The molecule has 160 valence electrons. The van der Waals surface area contributed by atoms with E-state index < -0.39 is 5.91 Å². The normalized spacial score (nSPS) is 11.3. The Hall–Kier alpha value is -3.93. The summed E-state index contributed by atoms with van der Waals surface area (Å²) >= 11 is 0. The molecule has 0 bridgehead atoms. The van der Waals surface area contributed by atoms with Crippen molar-refractivity contribution in [3.8, 4) is 17.5 Å². The number of methoxy groups -OCH3 is 1. The number of benzene rings is 1. The molecule has 0 spiro atoms. The Labute approximate surface area is 180 Å². The number of tetrazole rings is 1. The number of hydrogen-bond acceptors (Lipinski definition) is 6. The zero-order valence-electron chi connectivity index (χ0n) is 18.3. The third kappa shape index (κ3) is 4.48. The number of rotatable bonds is 7. The Kier molecular flexibility index (Phi) is 6.50. The highest BCUT2D eigenvalue weighted by atomic mass is 16.5. The van der Waals surface area contributed by atoms with E-state index >= 15 is 0 Å². The van der Waals surface area contributed by atoms with E-state index in [0.29, 0.717) is 22.9 Å². The Balaban J connectivity index is 1.90. The van der Waals surface area contributed by atoms with Crippen LogP contribution in [0.1, 0.15) is 36.1 Å². The van der Waals surface area contributed by atoms with Gasteiger partial charge in [0.15, 0.2) is 5.82 Å². The second kappa shape index (κ2) is 9.26. The number of aromatic nitrogens is 5. The topological polar surface area (TPSA) is 111 Å². The lowest BCUT2D eigenvalue weighted by Crippen LogP contribution is -2.14. The Morgan fingerprint density at radius 2 is 2.06 bits per heavy atom. The number of nitriles is 1. The average molecular weight is 419 g/mol. The molecular formula is C22H25N7O2. The van der Waals surface area contributed by atoms with Gasteiger partial charge in [0.2, 0.25) is 0 Å². The number of aryl methyl sites for hydroxylation is 2. The van der Waals surface area contributed by atoms with Crippen LogP contribution < -0.4 is 10.1 Å². The number of nitrogens with zero attached hydrogens (tertiary/aromatic N) is 6. The molecule has 1 aromatic carbocycles. The lowest BCUT2D eigenvalue weighted by molar-refractivity contribution is -0.112. The summed E-state index contributed by atoms with van der Waals surface area (Å²) in [6.45, 7) is 8.78. The van der Waals surface area contributed by atoms with Crippen LogP contribution in [0, 0.1) is 32.1 Å². The third-order valence-electron chi connectivity index (χ3n) is 5.02. The van der Waals surface area contributed by atoms with E-state index in [-0.39, 0.29) is 5.57 Å². The summed E-state index contributed by atoms with van der Waals surface area (Å²) in [6.07, 6.45) is 2.63. The van der Waals surface area contributed by atoms with Gasteiger partial charge >= 0.3 is 0 Å². The molecule has 3 rings (SSSR count). The molecule has 0 saturated heterocycles. The van der Waals surface area contributed by atoms with E-state index in [1.54, 1.807) is 38.3 Å². The van der Waals surface area contributed by atoms with E-state index in [1.807, 2.05) is 26.0 Å². The summed E-state index contributed by atoms with van der Waals surface area (Å²) in [5.41, 5.74) is 4.08. The lowest BCUT2D eigenvalue weighted by atomic mass is 10.1. The summed E-state index contributed by atoms with van der Waals surface area (Å²) in [6, 6.07) is 9.10. The first-order chi connectivity index (χ1) is 14.9. The molecule has 0 aliphatic heterocycles. The van der Waals surface area contributed by atoms with Gasteiger partial charge in [-0.1, -0.05) is 6.92 Å². The molecule has 0 saturated carbocycles. The Morgan fingerprint density at radius 3 is 2.68 bits per heavy atom. The standard InChI is InChI=1S/C22H25N7O2/c1-6-9-28-14(2)10-17(15(28)3)11-18(13-23)22(30)24-19-7-8-21(31-5)20(12-19)29-16(4)25-26-27-29/h7-8,10-12H,6,9H2,1-5H3,(H,24,30)/b18-11-. The van der Waals surface area contributed by atoms with Gasteiger partial charge in [0.1, 0.15) is 23.1 Å². The molecular weight excluding hydrogens is 394 g/mol. The number of carbonyl (C=O) groups is 1. The SMILES string of the molecule is CCCn1c(C)cc(/C=C(/C#N)C(=O)Nc2ccc(OC)c(-n3nnnc3C)c2)c1C. The minimum absolute atomic E-state index is 0.0210. The highest BCUT2D eigenvalue weighted by molar-refractivity contribution is 6.09. The molecule has 1 amide bonds. The fourth-order valence-corrected chi connectivity index (χ4v) is 3.43. The van der Waals surface area contributed by atoms with Crippen molar-refractivity contribution in [2.75, 3.05) is 12.4 Å². The van der Waals surface area contributed by atoms with Crippen LogP contribution in [0.5, 0.6) is 5.75 Å². The molecule has 2 aromatic heterocycles. The first-order valence-corrected chi connectivity index (χ1v) is 9.92. The largest absolute Gasteiger partial charge is 0.494 e. The molecule has 3 aromatic rings. The molecule has 9 heteroatoms. The number of amides is 1. The van der Waals surface area contributed by atoms with Gasteiger partial charge in [0.05, 0.1) is 7.11 Å². The van der Waals surface area contributed by atoms with Crippen molar-refractivity contribution in [2.45, 2.75) is 40.7 Å². The number of nitrogens with one attached hydrogen (secondary N) is 1. The van der Waals surface area contributed by atoms with Gasteiger partial charge in [-0.15, -0.1) is 5.10 Å². The zero-order chi connectivity index (χ0) is 22.5. The van der Waals surface area contributed by atoms with E-state index in [0.717, 1.165) is 29.9 Å². The molecule has 2 heterocycles. The quantitative estimate of drug-likeness (QED) is 0.464. The third-order valence-corrected chi connectivity index (χ3v) is 5.02. The fourth-order valence-electron chi connectivity index (χ4n) is 3.43. The monoisotopic (exact) mass is 419 g/mol. The van der Waals surface area contributed by atoms with E-state index in [2.05, 4.69) is 32.3 Å². The molecule has 0 unspecified atom stereocenters. The Bertz CT molecular complexity index is 1180. The van der Waals surface area contributed by atoms with Gasteiger partial charge in [-0.05, 0) is 73.5 Å². The van der Waals surface area contributed by atoms with Crippen LogP contribution in [0.4, 0.5) is 5.69 Å². The predicted octanol–water partition coefficient (Wildman–Crippen LogP) is 3.35. The highest BCUT2D eigenvalue weighted by Crippen LogP contribution is 2.27. The number of ether oxygens (including phenoxy) is 1. The summed E-state index contributed by atoms with van der Waals surface area (Å²) in [5, 5.41) is 23.9. The van der Waals surface area contributed by atoms with Crippen molar-refractivity contribution >= 4 is 17.7 Å². The van der Waals surface area contributed by atoms with Crippen molar-refractivity contribution in [1.82, 2.24) is 24.8 Å². The molecule has 0 aliphatic rings. The second-order valence-electron chi connectivity index (χ2n) is 7.13. The van der Waals surface area contributed by atoms with Crippen LogP contribution in [0.2, 0.25) is 0 Å². The Morgan fingerprint density at radius 1 is 1.29 bits per heavy atom. The van der Waals surface area contributed by atoms with Gasteiger partial charge in [-0.3, -0.25) is 4.79 Å². The van der Waals surface area contributed by atoms with E-state index in [4.69, 9.17) is 4.74 Å². The van der Waals surface area contributed by atoms with E-state index in [9.17, 15) is 10.1 Å². The molecule has 0 fully saturated rings. The molecule has 9 nitrogen and oxygen atoms in total. The van der Waals surface area contributed by atoms with Crippen LogP contribution in [-0.4, -0.2) is 37.8 Å². The van der Waals surface area contributed by atoms with Crippen LogP contribution in [0.3, 0.4) is 0 Å². The second-order valence-corrected chi connectivity index (χ2v) is 7.13. The number of carbonyl (C=O) groups excluding carboxylic acids is 1. The maximum atomic E-state index is 12.8. The zero-order valence-corrected chi connectivity index (χ0v) is 18.3. The molecule has 1 N–H and O–H groups in total. The number of anilines is 1. The predicted molar refractivity (Wildman–Crippen MR) is 117 cm³/mol. The van der Waals surface area contributed by atoms with Crippen molar-refractivity contribution in [3.05, 3.63) is 52.6 Å². The first kappa shape index (κ1) is 21.8. The van der Waals surface area contributed by atoms with Crippen LogP contribution >= 0.6 is 0 Å².